The molecule has 0 atom stereocenters. The molecule has 0 heterocycles. The first-order valence-electron chi connectivity index (χ1n) is 7.17. The summed E-state index contributed by atoms with van der Waals surface area (Å²) in [5, 5.41) is 7.14. The number of carbonyl (C=O) groups is 1. The first kappa shape index (κ1) is 17.6. The van der Waals surface area contributed by atoms with Crippen LogP contribution in [0.5, 0.6) is 5.75 Å². The summed E-state index contributed by atoms with van der Waals surface area (Å²) < 4.78 is 5.19. The normalized spacial score (nSPS) is 10.4. The lowest BCUT2D eigenvalue weighted by Gasteiger charge is -2.11. The number of carbonyl (C=O) groups excluding carboxylic acids is 1. The second kappa shape index (κ2) is 8.77. The Labute approximate surface area is 145 Å². The zero-order valence-electron chi connectivity index (χ0n) is 12.7. The Balaban J connectivity index is 1.77. The van der Waals surface area contributed by atoms with Crippen LogP contribution in [0.3, 0.4) is 0 Å². The molecule has 1 amide bonds. The molecule has 2 rings (SSSR count). The zero-order chi connectivity index (χ0) is 16.7. The van der Waals surface area contributed by atoms with Crippen LogP contribution in [0.1, 0.15) is 5.56 Å². The predicted molar refractivity (Wildman–Crippen MR) is 94.7 cm³/mol. The lowest BCUT2D eigenvalue weighted by molar-refractivity contribution is -0.115. The number of nitrogens with one attached hydrogen (secondary N) is 2. The molecule has 0 saturated carbocycles. The Morgan fingerprint density at radius 3 is 2.48 bits per heavy atom. The van der Waals surface area contributed by atoms with Crippen LogP contribution in [0.2, 0.25) is 10.0 Å². The van der Waals surface area contributed by atoms with Gasteiger partial charge in [-0.25, -0.2) is 0 Å². The fourth-order valence-corrected chi connectivity index (χ4v) is 2.36. The molecule has 0 radical (unpaired) electrons. The number of benzene rings is 2. The Kier molecular flexibility index (Phi) is 6.71. The molecule has 0 aliphatic rings. The van der Waals surface area contributed by atoms with Crippen LogP contribution in [-0.2, 0) is 11.2 Å². The van der Waals surface area contributed by atoms with Gasteiger partial charge in [0.25, 0.3) is 0 Å². The van der Waals surface area contributed by atoms with Gasteiger partial charge in [0.2, 0.25) is 5.91 Å². The highest BCUT2D eigenvalue weighted by atomic mass is 35.5. The highest BCUT2D eigenvalue weighted by Crippen LogP contribution is 2.27. The van der Waals surface area contributed by atoms with E-state index in [1.807, 2.05) is 24.3 Å². The third kappa shape index (κ3) is 5.75. The fraction of sp³-hybridized carbons (Fsp3) is 0.235. The molecule has 2 aromatic carbocycles. The predicted octanol–water partition coefficient (Wildman–Crippen LogP) is 3.77. The van der Waals surface area contributed by atoms with Crippen molar-refractivity contribution in [3.8, 4) is 5.75 Å². The number of rotatable bonds is 7. The van der Waals surface area contributed by atoms with Crippen molar-refractivity contribution in [2.24, 2.45) is 0 Å². The summed E-state index contributed by atoms with van der Waals surface area (Å²) in [6.07, 6.45) is 0.824. The Bertz CT molecular complexity index is 660. The lowest BCUT2D eigenvalue weighted by atomic mass is 10.1. The van der Waals surface area contributed by atoms with Crippen LogP contribution in [0.15, 0.2) is 42.5 Å². The quantitative estimate of drug-likeness (QED) is 0.745. The van der Waals surface area contributed by atoms with E-state index < -0.39 is 0 Å². The van der Waals surface area contributed by atoms with Gasteiger partial charge in [-0.1, -0.05) is 35.3 Å². The van der Waals surface area contributed by atoms with Gasteiger partial charge in [0.15, 0.2) is 0 Å². The van der Waals surface area contributed by atoms with Gasteiger partial charge in [-0.15, -0.1) is 0 Å². The van der Waals surface area contributed by atoms with Crippen LogP contribution in [-0.4, -0.2) is 26.1 Å². The largest absolute Gasteiger partial charge is 0.495 e. The Morgan fingerprint density at radius 2 is 1.78 bits per heavy atom. The van der Waals surface area contributed by atoms with E-state index in [0.717, 1.165) is 11.4 Å². The molecule has 0 saturated heterocycles. The molecule has 0 spiro atoms. The summed E-state index contributed by atoms with van der Waals surface area (Å²) in [4.78, 5) is 12.0. The molecular formula is C17H18Cl2N2O2. The van der Waals surface area contributed by atoms with E-state index in [4.69, 9.17) is 27.9 Å². The average molecular weight is 353 g/mol. The first-order valence-corrected chi connectivity index (χ1v) is 7.92. The van der Waals surface area contributed by atoms with Crippen LogP contribution in [0.25, 0.3) is 0 Å². The molecule has 2 aromatic rings. The van der Waals surface area contributed by atoms with E-state index in [9.17, 15) is 4.79 Å². The maximum atomic E-state index is 12.0. The van der Waals surface area contributed by atoms with E-state index in [0.29, 0.717) is 23.0 Å². The van der Waals surface area contributed by atoms with Crippen LogP contribution in [0.4, 0.5) is 5.69 Å². The summed E-state index contributed by atoms with van der Waals surface area (Å²) in [5.41, 5.74) is 1.73. The van der Waals surface area contributed by atoms with Gasteiger partial charge < -0.3 is 15.4 Å². The van der Waals surface area contributed by atoms with Crippen molar-refractivity contribution in [3.05, 3.63) is 58.1 Å². The number of halogens is 2. The van der Waals surface area contributed by atoms with Crippen LogP contribution in [0, 0.1) is 0 Å². The smallest absolute Gasteiger partial charge is 0.238 e. The summed E-state index contributed by atoms with van der Waals surface area (Å²) in [6, 6.07) is 12.7. The highest BCUT2D eigenvalue weighted by Gasteiger charge is 2.08. The SMILES string of the molecule is COc1ccc(Cl)cc1NC(=O)CNCCc1ccc(Cl)cc1. The Morgan fingerprint density at radius 1 is 1.09 bits per heavy atom. The monoisotopic (exact) mass is 352 g/mol. The number of amides is 1. The van der Waals surface area contributed by atoms with E-state index in [2.05, 4.69) is 10.6 Å². The molecule has 2 N–H and O–H groups in total. The lowest BCUT2D eigenvalue weighted by Crippen LogP contribution is -2.29. The van der Waals surface area contributed by atoms with Crippen molar-refractivity contribution < 1.29 is 9.53 Å². The second-order valence-electron chi connectivity index (χ2n) is 4.95. The van der Waals surface area contributed by atoms with E-state index >= 15 is 0 Å². The second-order valence-corrected chi connectivity index (χ2v) is 5.82. The van der Waals surface area contributed by atoms with Crippen molar-refractivity contribution in [2.45, 2.75) is 6.42 Å². The summed E-state index contributed by atoms with van der Waals surface area (Å²) >= 11 is 11.8. The molecular weight excluding hydrogens is 335 g/mol. The highest BCUT2D eigenvalue weighted by molar-refractivity contribution is 6.31. The van der Waals surface area contributed by atoms with Gasteiger partial charge >= 0.3 is 0 Å². The van der Waals surface area contributed by atoms with Gasteiger partial charge in [0.05, 0.1) is 19.3 Å². The summed E-state index contributed by atoms with van der Waals surface area (Å²) in [6.45, 7) is 0.908. The minimum absolute atomic E-state index is 0.151. The standard InChI is InChI=1S/C17H18Cl2N2O2/c1-23-16-7-6-14(19)10-15(16)21-17(22)11-20-9-8-12-2-4-13(18)5-3-12/h2-7,10,20H,8-9,11H2,1H3,(H,21,22). The zero-order valence-corrected chi connectivity index (χ0v) is 14.2. The number of hydrogen-bond acceptors (Lipinski definition) is 3. The van der Waals surface area contributed by atoms with Gasteiger partial charge in [-0.3, -0.25) is 4.79 Å². The van der Waals surface area contributed by atoms with Gasteiger partial charge in [0.1, 0.15) is 5.75 Å². The van der Waals surface area contributed by atoms with Crippen LogP contribution >= 0.6 is 23.2 Å². The number of methoxy groups -OCH3 is 1. The third-order valence-corrected chi connectivity index (χ3v) is 3.71. The minimum atomic E-state index is -0.151. The van der Waals surface area contributed by atoms with Gasteiger partial charge in [-0.05, 0) is 48.9 Å². The maximum Gasteiger partial charge on any atom is 0.238 e. The summed E-state index contributed by atoms with van der Waals surface area (Å²) in [5.74, 6) is 0.422. The fourth-order valence-electron chi connectivity index (χ4n) is 2.06. The molecule has 0 bridgehead atoms. The molecule has 0 aromatic heterocycles. The van der Waals surface area contributed by atoms with Crippen molar-refractivity contribution in [1.29, 1.82) is 0 Å². The van der Waals surface area contributed by atoms with E-state index in [1.54, 1.807) is 25.3 Å². The molecule has 0 fully saturated rings. The molecule has 122 valence electrons. The molecule has 0 aliphatic heterocycles. The number of hydrogen-bond donors (Lipinski definition) is 2. The van der Waals surface area contributed by atoms with Crippen molar-refractivity contribution in [3.63, 3.8) is 0 Å². The van der Waals surface area contributed by atoms with Crippen molar-refractivity contribution in [2.75, 3.05) is 25.5 Å². The number of anilines is 1. The first-order chi connectivity index (χ1) is 11.1. The van der Waals surface area contributed by atoms with Gasteiger partial charge in [0, 0.05) is 10.0 Å². The van der Waals surface area contributed by atoms with E-state index in [-0.39, 0.29) is 12.5 Å². The van der Waals surface area contributed by atoms with E-state index in [1.165, 1.54) is 5.56 Å². The molecule has 0 aliphatic carbocycles. The average Bonchev–Trinajstić information content (AvgIpc) is 2.53. The topological polar surface area (TPSA) is 50.4 Å². The molecule has 6 heteroatoms. The molecule has 4 nitrogen and oxygen atoms in total. The minimum Gasteiger partial charge on any atom is -0.495 e. The van der Waals surface area contributed by atoms with Crippen LogP contribution < -0.4 is 15.4 Å². The van der Waals surface area contributed by atoms with Crippen molar-refractivity contribution in [1.82, 2.24) is 5.32 Å². The third-order valence-electron chi connectivity index (χ3n) is 3.22. The molecule has 0 unspecified atom stereocenters. The molecule has 23 heavy (non-hydrogen) atoms. The Hall–Kier alpha value is -1.75. The van der Waals surface area contributed by atoms with Gasteiger partial charge in [-0.2, -0.15) is 0 Å². The number of ether oxygens (including phenoxy) is 1. The maximum absolute atomic E-state index is 12.0. The van der Waals surface area contributed by atoms with Crippen molar-refractivity contribution >= 4 is 34.8 Å². The summed E-state index contributed by atoms with van der Waals surface area (Å²) in [7, 11) is 1.54.